The molecule has 0 aliphatic heterocycles. The molecule has 20 heavy (non-hydrogen) atoms. The van der Waals surface area contributed by atoms with E-state index in [9.17, 15) is 0 Å². The number of rotatable bonds is 5. The van der Waals surface area contributed by atoms with E-state index in [1.54, 1.807) is 0 Å². The zero-order chi connectivity index (χ0) is 14.5. The van der Waals surface area contributed by atoms with Gasteiger partial charge in [-0.05, 0) is 45.0 Å². The van der Waals surface area contributed by atoms with Crippen LogP contribution in [0.25, 0.3) is 0 Å². The molecule has 1 aromatic heterocycles. The lowest BCUT2D eigenvalue weighted by Gasteiger charge is -2.20. The van der Waals surface area contributed by atoms with Gasteiger partial charge in [0.05, 0.1) is 0 Å². The van der Waals surface area contributed by atoms with E-state index in [2.05, 4.69) is 50.0 Å². The van der Waals surface area contributed by atoms with E-state index >= 15 is 0 Å². The van der Waals surface area contributed by atoms with Crippen molar-refractivity contribution >= 4 is 33.4 Å². The number of aryl methyl sites for hydroxylation is 1. The van der Waals surface area contributed by atoms with Crippen LogP contribution < -0.4 is 10.2 Å². The third-order valence-corrected chi connectivity index (χ3v) is 3.56. The van der Waals surface area contributed by atoms with Crippen LogP contribution in [0.5, 0.6) is 0 Å². The Morgan fingerprint density at radius 1 is 1.10 bits per heavy atom. The van der Waals surface area contributed by atoms with E-state index in [1.165, 1.54) is 0 Å². The highest BCUT2D eigenvalue weighted by Crippen LogP contribution is 2.20. The molecule has 0 saturated carbocycles. The number of anilines is 3. The van der Waals surface area contributed by atoms with Crippen LogP contribution in [0.2, 0.25) is 0 Å². The molecule has 0 aliphatic carbocycles. The Kier molecular flexibility index (Phi) is 4.95. The largest absolute Gasteiger partial charge is 0.357 e. The molecule has 0 atom stereocenters. The number of benzene rings is 1. The minimum atomic E-state index is 0.634. The van der Waals surface area contributed by atoms with E-state index in [0.717, 1.165) is 34.8 Å². The molecule has 0 saturated heterocycles. The molecule has 2 aromatic rings. The van der Waals surface area contributed by atoms with Gasteiger partial charge >= 0.3 is 0 Å². The van der Waals surface area contributed by atoms with Crippen LogP contribution in [0.4, 0.5) is 17.5 Å². The second kappa shape index (κ2) is 6.70. The summed E-state index contributed by atoms with van der Waals surface area (Å²) in [4.78, 5) is 11.2. The van der Waals surface area contributed by atoms with Crippen LogP contribution >= 0.6 is 15.9 Å². The summed E-state index contributed by atoms with van der Waals surface area (Å²) in [6.45, 7) is 8.11. The number of nitrogens with one attached hydrogen (secondary N) is 1. The van der Waals surface area contributed by atoms with Gasteiger partial charge in [0.25, 0.3) is 0 Å². The van der Waals surface area contributed by atoms with Crippen molar-refractivity contribution < 1.29 is 0 Å². The van der Waals surface area contributed by atoms with E-state index in [0.29, 0.717) is 5.95 Å². The zero-order valence-electron chi connectivity index (χ0n) is 12.0. The summed E-state index contributed by atoms with van der Waals surface area (Å²) in [5, 5.41) is 3.25. The molecule has 0 unspecified atom stereocenters. The number of hydrogen-bond acceptors (Lipinski definition) is 4. The van der Waals surface area contributed by atoms with E-state index < -0.39 is 0 Å². The van der Waals surface area contributed by atoms with Crippen molar-refractivity contribution in [1.29, 1.82) is 0 Å². The first kappa shape index (κ1) is 14.8. The van der Waals surface area contributed by atoms with Gasteiger partial charge in [-0.15, -0.1) is 0 Å². The van der Waals surface area contributed by atoms with Gasteiger partial charge < -0.3 is 10.2 Å². The molecule has 4 nitrogen and oxygen atoms in total. The lowest BCUT2D eigenvalue weighted by Crippen LogP contribution is -2.23. The Bertz CT molecular complexity index is 565. The Morgan fingerprint density at radius 2 is 1.75 bits per heavy atom. The number of aromatic nitrogens is 2. The van der Waals surface area contributed by atoms with Gasteiger partial charge in [-0.2, -0.15) is 4.98 Å². The monoisotopic (exact) mass is 334 g/mol. The summed E-state index contributed by atoms with van der Waals surface area (Å²) in [6.07, 6.45) is 0. The van der Waals surface area contributed by atoms with Crippen molar-refractivity contribution in [2.24, 2.45) is 0 Å². The molecule has 0 amide bonds. The molecule has 106 valence electrons. The molecule has 0 bridgehead atoms. The Morgan fingerprint density at radius 3 is 2.35 bits per heavy atom. The average Bonchev–Trinajstić information content (AvgIpc) is 2.42. The quantitative estimate of drug-likeness (QED) is 0.892. The molecule has 1 aromatic carbocycles. The molecular weight excluding hydrogens is 316 g/mol. The Hall–Kier alpha value is -1.62. The highest BCUT2D eigenvalue weighted by molar-refractivity contribution is 9.10. The predicted octanol–water partition coefficient (Wildman–Crippen LogP) is 4.14. The zero-order valence-corrected chi connectivity index (χ0v) is 13.6. The maximum atomic E-state index is 4.59. The van der Waals surface area contributed by atoms with Crippen molar-refractivity contribution in [3.05, 3.63) is 40.5 Å². The summed E-state index contributed by atoms with van der Waals surface area (Å²) in [7, 11) is 0. The third kappa shape index (κ3) is 3.70. The normalized spacial score (nSPS) is 10.4. The number of nitrogens with zero attached hydrogens (tertiary/aromatic N) is 3. The fourth-order valence-electron chi connectivity index (χ4n) is 1.98. The van der Waals surface area contributed by atoms with Crippen LogP contribution in [-0.2, 0) is 0 Å². The highest BCUT2D eigenvalue weighted by atomic mass is 79.9. The standard InChI is InChI=1S/C15H19BrN4/c1-4-20(5-2)14-10-11(3)17-15(19-14)18-13-8-6-12(16)7-9-13/h6-10H,4-5H2,1-3H3,(H,17,18,19). The maximum absolute atomic E-state index is 4.59. The number of halogens is 1. The molecule has 1 N–H and O–H groups in total. The molecule has 1 heterocycles. The van der Waals surface area contributed by atoms with Gasteiger partial charge in [-0.3, -0.25) is 0 Å². The van der Waals surface area contributed by atoms with Crippen molar-refractivity contribution in [3.63, 3.8) is 0 Å². The average molecular weight is 335 g/mol. The topological polar surface area (TPSA) is 41.1 Å². The Labute approximate surface area is 128 Å². The van der Waals surface area contributed by atoms with Gasteiger partial charge in [0.15, 0.2) is 0 Å². The smallest absolute Gasteiger partial charge is 0.229 e. The highest BCUT2D eigenvalue weighted by Gasteiger charge is 2.07. The van der Waals surface area contributed by atoms with Crippen molar-refractivity contribution in [1.82, 2.24) is 9.97 Å². The molecule has 0 aliphatic rings. The molecule has 2 rings (SSSR count). The van der Waals surface area contributed by atoms with Crippen LogP contribution in [0.1, 0.15) is 19.5 Å². The molecular formula is C15H19BrN4. The predicted molar refractivity (Wildman–Crippen MR) is 87.8 cm³/mol. The summed E-state index contributed by atoms with van der Waals surface area (Å²) >= 11 is 3.43. The van der Waals surface area contributed by atoms with E-state index in [-0.39, 0.29) is 0 Å². The summed E-state index contributed by atoms with van der Waals surface area (Å²) in [6, 6.07) is 9.98. The van der Waals surface area contributed by atoms with Crippen molar-refractivity contribution in [2.45, 2.75) is 20.8 Å². The molecule has 0 radical (unpaired) electrons. The fraction of sp³-hybridized carbons (Fsp3) is 0.333. The lowest BCUT2D eigenvalue weighted by atomic mass is 10.3. The van der Waals surface area contributed by atoms with Gasteiger partial charge in [-0.25, -0.2) is 4.98 Å². The van der Waals surface area contributed by atoms with Crippen molar-refractivity contribution in [3.8, 4) is 0 Å². The first-order chi connectivity index (χ1) is 9.62. The minimum absolute atomic E-state index is 0.634. The second-order valence-electron chi connectivity index (χ2n) is 4.50. The minimum Gasteiger partial charge on any atom is -0.357 e. The first-order valence-corrected chi connectivity index (χ1v) is 7.55. The lowest BCUT2D eigenvalue weighted by molar-refractivity contribution is 0.840. The van der Waals surface area contributed by atoms with Gasteiger partial charge in [0.2, 0.25) is 5.95 Å². The molecule has 5 heteroatoms. The van der Waals surface area contributed by atoms with Gasteiger partial charge in [-0.1, -0.05) is 15.9 Å². The van der Waals surface area contributed by atoms with Crippen LogP contribution in [0.3, 0.4) is 0 Å². The molecule has 0 fully saturated rings. The van der Waals surface area contributed by atoms with Crippen molar-refractivity contribution in [2.75, 3.05) is 23.3 Å². The Balaban J connectivity index is 2.25. The molecule has 0 spiro atoms. The van der Waals surface area contributed by atoms with Crippen LogP contribution in [0, 0.1) is 6.92 Å². The summed E-state index contributed by atoms with van der Waals surface area (Å²) < 4.78 is 1.05. The fourth-order valence-corrected chi connectivity index (χ4v) is 2.24. The van der Waals surface area contributed by atoms with E-state index in [4.69, 9.17) is 0 Å². The van der Waals surface area contributed by atoms with Gasteiger partial charge in [0, 0.05) is 35.0 Å². The maximum Gasteiger partial charge on any atom is 0.229 e. The van der Waals surface area contributed by atoms with Crippen LogP contribution in [0.15, 0.2) is 34.8 Å². The SMILES string of the molecule is CCN(CC)c1cc(C)nc(Nc2ccc(Br)cc2)n1. The first-order valence-electron chi connectivity index (χ1n) is 6.75. The summed E-state index contributed by atoms with van der Waals surface area (Å²) in [5.74, 6) is 1.59. The summed E-state index contributed by atoms with van der Waals surface area (Å²) in [5.41, 5.74) is 1.94. The number of hydrogen-bond donors (Lipinski definition) is 1. The van der Waals surface area contributed by atoms with Crippen LogP contribution in [-0.4, -0.2) is 23.1 Å². The second-order valence-corrected chi connectivity index (χ2v) is 5.41. The van der Waals surface area contributed by atoms with E-state index in [1.807, 2.05) is 37.3 Å². The third-order valence-electron chi connectivity index (χ3n) is 3.03. The van der Waals surface area contributed by atoms with Gasteiger partial charge in [0.1, 0.15) is 5.82 Å².